The molecule has 5 nitrogen and oxygen atoms in total. The molecule has 5 heteroatoms. The van der Waals surface area contributed by atoms with Gasteiger partial charge in [-0.15, -0.1) is 0 Å². The molecule has 1 rings (SSSR count). The fraction of sp³-hybridized carbons (Fsp3) is 0.529. The van der Waals surface area contributed by atoms with Crippen LogP contribution in [0.25, 0.3) is 0 Å². The van der Waals surface area contributed by atoms with Gasteiger partial charge in [0.2, 0.25) is 0 Å². The van der Waals surface area contributed by atoms with Gasteiger partial charge in [-0.3, -0.25) is 9.59 Å². The van der Waals surface area contributed by atoms with E-state index in [4.69, 9.17) is 9.47 Å². The van der Waals surface area contributed by atoms with Crippen LogP contribution in [0, 0.1) is 6.92 Å². The highest BCUT2D eigenvalue weighted by molar-refractivity contribution is 5.84. The minimum atomic E-state index is -0.820. The Morgan fingerprint density at radius 1 is 1.27 bits per heavy atom. The summed E-state index contributed by atoms with van der Waals surface area (Å²) in [5.41, 5.74) is 1.43. The number of hydrogen-bond acceptors (Lipinski definition) is 4. The number of nitrogens with one attached hydrogen (secondary N) is 1. The number of ether oxygens (including phenoxy) is 2. The van der Waals surface area contributed by atoms with E-state index in [9.17, 15) is 9.59 Å². The standard InChI is InChI=1S/C17H25NO4/c1-11-7-8-13(9-14(11)21-6)10-15(19)22-12(2)16(20)18-17(3,4)5/h7-9,12H,10H2,1-6H3,(H,18,20). The molecule has 0 saturated heterocycles. The van der Waals surface area contributed by atoms with Crippen molar-refractivity contribution in [3.05, 3.63) is 29.3 Å². The number of hydrogen-bond donors (Lipinski definition) is 1. The second-order valence-electron chi connectivity index (χ2n) is 6.35. The molecule has 0 aliphatic carbocycles. The third-order valence-electron chi connectivity index (χ3n) is 3.00. The Hall–Kier alpha value is -2.04. The van der Waals surface area contributed by atoms with Crippen LogP contribution in [0.3, 0.4) is 0 Å². The number of rotatable bonds is 5. The van der Waals surface area contributed by atoms with Gasteiger partial charge in [-0.2, -0.15) is 0 Å². The van der Waals surface area contributed by atoms with Gasteiger partial charge in [0.15, 0.2) is 6.10 Å². The average Bonchev–Trinajstić information content (AvgIpc) is 2.38. The summed E-state index contributed by atoms with van der Waals surface area (Å²) < 4.78 is 10.4. The Bertz CT molecular complexity index is 546. The minimum Gasteiger partial charge on any atom is -0.496 e. The molecule has 0 aromatic heterocycles. The van der Waals surface area contributed by atoms with Crippen molar-refractivity contribution in [1.29, 1.82) is 0 Å². The average molecular weight is 307 g/mol. The number of aryl methyl sites for hydroxylation is 1. The van der Waals surface area contributed by atoms with Crippen LogP contribution in [-0.2, 0) is 20.7 Å². The normalized spacial score (nSPS) is 12.5. The van der Waals surface area contributed by atoms with Crippen molar-refractivity contribution in [2.45, 2.75) is 52.7 Å². The van der Waals surface area contributed by atoms with Crippen LogP contribution in [0.2, 0.25) is 0 Å². The summed E-state index contributed by atoms with van der Waals surface area (Å²) in [5.74, 6) is -0.0198. The van der Waals surface area contributed by atoms with Gasteiger partial charge in [0.05, 0.1) is 13.5 Å². The zero-order valence-electron chi connectivity index (χ0n) is 14.1. The Kier molecular flexibility index (Phi) is 5.97. The van der Waals surface area contributed by atoms with Gasteiger partial charge in [0, 0.05) is 5.54 Å². The van der Waals surface area contributed by atoms with Crippen LogP contribution >= 0.6 is 0 Å². The van der Waals surface area contributed by atoms with Gasteiger partial charge in [0.1, 0.15) is 5.75 Å². The summed E-state index contributed by atoms with van der Waals surface area (Å²) >= 11 is 0. The molecule has 0 heterocycles. The lowest BCUT2D eigenvalue weighted by Crippen LogP contribution is -2.46. The van der Waals surface area contributed by atoms with E-state index in [2.05, 4.69) is 5.32 Å². The first-order valence-electron chi connectivity index (χ1n) is 7.27. The maximum absolute atomic E-state index is 11.9. The first kappa shape index (κ1) is 18.0. The molecule has 0 aliphatic heterocycles. The van der Waals surface area contributed by atoms with Crippen LogP contribution < -0.4 is 10.1 Å². The molecule has 0 radical (unpaired) electrons. The van der Waals surface area contributed by atoms with Gasteiger partial charge in [-0.25, -0.2) is 0 Å². The zero-order valence-corrected chi connectivity index (χ0v) is 14.1. The van der Waals surface area contributed by atoms with E-state index in [-0.39, 0.29) is 17.9 Å². The fourth-order valence-corrected chi connectivity index (χ4v) is 1.90. The molecular formula is C17H25NO4. The predicted octanol–water partition coefficient (Wildman–Crippen LogP) is 2.39. The van der Waals surface area contributed by atoms with Crippen LogP contribution in [0.4, 0.5) is 0 Å². The molecule has 0 aliphatic rings. The number of amides is 1. The van der Waals surface area contributed by atoms with Crippen molar-refractivity contribution in [2.24, 2.45) is 0 Å². The van der Waals surface area contributed by atoms with Crippen molar-refractivity contribution < 1.29 is 19.1 Å². The highest BCUT2D eigenvalue weighted by Crippen LogP contribution is 2.19. The number of esters is 1. The van der Waals surface area contributed by atoms with Crippen LogP contribution in [0.15, 0.2) is 18.2 Å². The lowest BCUT2D eigenvalue weighted by molar-refractivity contribution is -0.154. The molecular weight excluding hydrogens is 282 g/mol. The molecule has 1 aromatic carbocycles. The Labute approximate surface area is 132 Å². The summed E-state index contributed by atoms with van der Waals surface area (Å²) in [7, 11) is 1.59. The highest BCUT2D eigenvalue weighted by Gasteiger charge is 2.22. The monoisotopic (exact) mass is 307 g/mol. The molecule has 0 saturated carbocycles. The van der Waals surface area contributed by atoms with Gasteiger partial charge >= 0.3 is 5.97 Å². The lowest BCUT2D eigenvalue weighted by Gasteiger charge is -2.23. The molecule has 0 fully saturated rings. The van der Waals surface area contributed by atoms with Crippen LogP contribution in [0.5, 0.6) is 5.75 Å². The number of benzene rings is 1. The molecule has 1 unspecified atom stereocenters. The first-order chi connectivity index (χ1) is 10.1. The van der Waals surface area contributed by atoms with E-state index in [0.29, 0.717) is 0 Å². The first-order valence-corrected chi connectivity index (χ1v) is 7.27. The van der Waals surface area contributed by atoms with E-state index in [1.807, 2.05) is 39.8 Å². The molecule has 0 spiro atoms. The van der Waals surface area contributed by atoms with Gasteiger partial charge < -0.3 is 14.8 Å². The van der Waals surface area contributed by atoms with Gasteiger partial charge in [-0.1, -0.05) is 12.1 Å². The third kappa shape index (κ3) is 5.76. The largest absolute Gasteiger partial charge is 0.496 e. The van der Waals surface area contributed by atoms with E-state index in [0.717, 1.165) is 16.9 Å². The molecule has 1 amide bonds. The van der Waals surface area contributed by atoms with E-state index < -0.39 is 12.1 Å². The summed E-state index contributed by atoms with van der Waals surface area (Å²) in [6, 6.07) is 5.53. The third-order valence-corrected chi connectivity index (χ3v) is 3.00. The molecule has 1 aromatic rings. The van der Waals surface area contributed by atoms with Crippen molar-refractivity contribution in [3.63, 3.8) is 0 Å². The van der Waals surface area contributed by atoms with E-state index in [1.54, 1.807) is 20.1 Å². The van der Waals surface area contributed by atoms with Gasteiger partial charge in [-0.05, 0) is 51.8 Å². The second-order valence-corrected chi connectivity index (χ2v) is 6.35. The number of methoxy groups -OCH3 is 1. The Balaban J connectivity index is 2.61. The van der Waals surface area contributed by atoms with Crippen molar-refractivity contribution in [2.75, 3.05) is 7.11 Å². The van der Waals surface area contributed by atoms with E-state index in [1.165, 1.54) is 0 Å². The van der Waals surface area contributed by atoms with E-state index >= 15 is 0 Å². The quantitative estimate of drug-likeness (QED) is 0.848. The predicted molar refractivity (Wildman–Crippen MR) is 84.9 cm³/mol. The molecule has 22 heavy (non-hydrogen) atoms. The summed E-state index contributed by atoms with van der Waals surface area (Å²) in [6.45, 7) is 9.11. The summed E-state index contributed by atoms with van der Waals surface area (Å²) in [6.07, 6.45) is -0.719. The molecule has 1 N–H and O–H groups in total. The van der Waals surface area contributed by atoms with Crippen molar-refractivity contribution in [1.82, 2.24) is 5.32 Å². The zero-order chi connectivity index (χ0) is 16.9. The minimum absolute atomic E-state index is 0.101. The van der Waals surface area contributed by atoms with Gasteiger partial charge in [0.25, 0.3) is 5.91 Å². The topological polar surface area (TPSA) is 64.6 Å². The Morgan fingerprint density at radius 3 is 2.45 bits per heavy atom. The SMILES string of the molecule is COc1cc(CC(=O)OC(C)C(=O)NC(C)(C)C)ccc1C. The highest BCUT2D eigenvalue weighted by atomic mass is 16.5. The maximum Gasteiger partial charge on any atom is 0.311 e. The molecule has 122 valence electrons. The summed E-state index contributed by atoms with van der Waals surface area (Å²) in [4.78, 5) is 23.8. The van der Waals surface area contributed by atoms with Crippen molar-refractivity contribution >= 4 is 11.9 Å². The molecule has 0 bridgehead atoms. The summed E-state index contributed by atoms with van der Waals surface area (Å²) in [5, 5.41) is 2.78. The molecule has 1 atom stereocenters. The van der Waals surface area contributed by atoms with Crippen LogP contribution in [-0.4, -0.2) is 30.6 Å². The lowest BCUT2D eigenvalue weighted by atomic mass is 10.1. The second kappa shape index (κ2) is 7.29. The fourth-order valence-electron chi connectivity index (χ4n) is 1.90. The smallest absolute Gasteiger partial charge is 0.311 e. The number of carbonyl (C=O) groups excluding carboxylic acids is 2. The number of carbonyl (C=O) groups is 2. The maximum atomic E-state index is 11.9. The Morgan fingerprint density at radius 2 is 1.91 bits per heavy atom. The van der Waals surface area contributed by atoms with Crippen LogP contribution in [0.1, 0.15) is 38.8 Å². The van der Waals surface area contributed by atoms with Crippen molar-refractivity contribution in [3.8, 4) is 5.75 Å².